The van der Waals surface area contributed by atoms with E-state index in [0.29, 0.717) is 18.1 Å². The van der Waals surface area contributed by atoms with E-state index in [9.17, 15) is 0 Å². The van der Waals surface area contributed by atoms with Gasteiger partial charge in [-0.3, -0.25) is 0 Å². The van der Waals surface area contributed by atoms with Crippen LogP contribution in [0.5, 0.6) is 0 Å². The van der Waals surface area contributed by atoms with Gasteiger partial charge in [0.25, 0.3) is 0 Å². The molecule has 0 aromatic carbocycles. The summed E-state index contributed by atoms with van der Waals surface area (Å²) < 4.78 is 0. The quantitative estimate of drug-likeness (QED) is 0.709. The molecule has 1 heterocycles. The summed E-state index contributed by atoms with van der Waals surface area (Å²) in [6.07, 6.45) is 6.94. The van der Waals surface area contributed by atoms with Crippen molar-refractivity contribution in [3.63, 3.8) is 0 Å². The summed E-state index contributed by atoms with van der Waals surface area (Å²) >= 11 is 0. The predicted octanol–water partition coefficient (Wildman–Crippen LogP) is 1.94. The molecule has 0 unspecified atom stereocenters. The van der Waals surface area contributed by atoms with Gasteiger partial charge in [0.15, 0.2) is 0 Å². The SMILES string of the molecule is C[C@H](N[C@@H]1CCCC[C@H]1N)c1ccc[nH]1. The van der Waals surface area contributed by atoms with E-state index in [1.54, 1.807) is 0 Å². The first-order valence-electron chi connectivity index (χ1n) is 5.92. The maximum absolute atomic E-state index is 6.11. The average Bonchev–Trinajstić information content (AvgIpc) is 2.74. The van der Waals surface area contributed by atoms with Crippen molar-refractivity contribution in [2.45, 2.75) is 50.7 Å². The molecule has 0 radical (unpaired) electrons. The van der Waals surface area contributed by atoms with Crippen LogP contribution in [0.25, 0.3) is 0 Å². The highest BCUT2D eigenvalue weighted by atomic mass is 15.0. The highest BCUT2D eigenvalue weighted by molar-refractivity contribution is 5.08. The first-order valence-corrected chi connectivity index (χ1v) is 5.92. The van der Waals surface area contributed by atoms with Gasteiger partial charge in [-0.15, -0.1) is 0 Å². The number of rotatable bonds is 3. The van der Waals surface area contributed by atoms with E-state index in [4.69, 9.17) is 5.73 Å². The molecule has 1 saturated carbocycles. The third-order valence-electron chi connectivity index (χ3n) is 3.37. The minimum absolute atomic E-state index is 0.330. The van der Waals surface area contributed by atoms with Crippen molar-refractivity contribution in [2.75, 3.05) is 0 Å². The molecule has 1 aliphatic carbocycles. The Kier molecular flexibility index (Phi) is 3.44. The normalized spacial score (nSPS) is 28.9. The largest absolute Gasteiger partial charge is 0.364 e. The van der Waals surface area contributed by atoms with E-state index < -0.39 is 0 Å². The van der Waals surface area contributed by atoms with Crippen molar-refractivity contribution in [1.82, 2.24) is 10.3 Å². The van der Waals surface area contributed by atoms with Gasteiger partial charge in [0.1, 0.15) is 0 Å². The summed E-state index contributed by atoms with van der Waals surface area (Å²) in [4.78, 5) is 3.24. The van der Waals surface area contributed by atoms with Crippen LogP contribution in [-0.4, -0.2) is 17.1 Å². The Labute approximate surface area is 91.4 Å². The van der Waals surface area contributed by atoms with Gasteiger partial charge >= 0.3 is 0 Å². The van der Waals surface area contributed by atoms with Crippen molar-refractivity contribution in [3.05, 3.63) is 24.0 Å². The molecule has 4 N–H and O–H groups in total. The van der Waals surface area contributed by atoms with E-state index in [1.807, 2.05) is 12.3 Å². The molecule has 1 aromatic rings. The van der Waals surface area contributed by atoms with Gasteiger partial charge in [0.2, 0.25) is 0 Å². The molecule has 0 bridgehead atoms. The second-order valence-electron chi connectivity index (χ2n) is 4.57. The molecule has 0 spiro atoms. The topological polar surface area (TPSA) is 53.8 Å². The van der Waals surface area contributed by atoms with Gasteiger partial charge < -0.3 is 16.0 Å². The molecule has 0 saturated heterocycles. The van der Waals surface area contributed by atoms with Gasteiger partial charge in [0, 0.05) is 30.0 Å². The zero-order valence-electron chi connectivity index (χ0n) is 9.37. The van der Waals surface area contributed by atoms with E-state index in [2.05, 4.69) is 23.3 Å². The molecule has 3 nitrogen and oxygen atoms in total. The Balaban J connectivity index is 1.90. The van der Waals surface area contributed by atoms with Crippen LogP contribution in [0.3, 0.4) is 0 Å². The monoisotopic (exact) mass is 207 g/mol. The fourth-order valence-electron chi connectivity index (χ4n) is 2.39. The molecule has 1 fully saturated rings. The van der Waals surface area contributed by atoms with Crippen LogP contribution in [0, 0.1) is 0 Å². The van der Waals surface area contributed by atoms with Crippen LogP contribution in [0.4, 0.5) is 0 Å². The summed E-state index contributed by atoms with van der Waals surface area (Å²) in [6, 6.07) is 5.34. The summed E-state index contributed by atoms with van der Waals surface area (Å²) in [5.74, 6) is 0. The van der Waals surface area contributed by atoms with E-state index >= 15 is 0 Å². The van der Waals surface area contributed by atoms with Crippen molar-refractivity contribution >= 4 is 0 Å². The number of aromatic amines is 1. The lowest BCUT2D eigenvalue weighted by Crippen LogP contribution is -2.47. The van der Waals surface area contributed by atoms with Gasteiger partial charge in [0.05, 0.1) is 0 Å². The summed E-state index contributed by atoms with van der Waals surface area (Å²) in [7, 11) is 0. The van der Waals surface area contributed by atoms with E-state index in [0.717, 1.165) is 6.42 Å². The first-order chi connectivity index (χ1) is 7.27. The number of nitrogens with one attached hydrogen (secondary N) is 2. The van der Waals surface area contributed by atoms with Crippen LogP contribution in [0.1, 0.15) is 44.3 Å². The number of H-pyrrole nitrogens is 1. The molecule has 0 aliphatic heterocycles. The molecular weight excluding hydrogens is 186 g/mol. The maximum atomic E-state index is 6.11. The minimum atomic E-state index is 0.330. The van der Waals surface area contributed by atoms with Crippen LogP contribution >= 0.6 is 0 Å². The molecule has 3 heteroatoms. The van der Waals surface area contributed by atoms with Crippen LogP contribution in [0.15, 0.2) is 18.3 Å². The van der Waals surface area contributed by atoms with Crippen LogP contribution in [-0.2, 0) is 0 Å². The van der Waals surface area contributed by atoms with Crippen molar-refractivity contribution < 1.29 is 0 Å². The van der Waals surface area contributed by atoms with Gasteiger partial charge in [-0.1, -0.05) is 12.8 Å². The summed E-state index contributed by atoms with van der Waals surface area (Å²) in [5, 5.41) is 3.61. The lowest BCUT2D eigenvalue weighted by atomic mass is 9.90. The lowest BCUT2D eigenvalue weighted by Gasteiger charge is -2.31. The zero-order valence-corrected chi connectivity index (χ0v) is 9.37. The second kappa shape index (κ2) is 4.81. The highest BCUT2D eigenvalue weighted by Crippen LogP contribution is 2.20. The molecular formula is C12H21N3. The molecule has 1 aliphatic rings. The molecule has 3 atom stereocenters. The fourth-order valence-corrected chi connectivity index (χ4v) is 2.39. The van der Waals surface area contributed by atoms with Crippen molar-refractivity contribution in [2.24, 2.45) is 5.73 Å². The van der Waals surface area contributed by atoms with Crippen LogP contribution in [0.2, 0.25) is 0 Å². The lowest BCUT2D eigenvalue weighted by molar-refractivity contribution is 0.305. The molecule has 2 rings (SSSR count). The van der Waals surface area contributed by atoms with Crippen molar-refractivity contribution in [3.8, 4) is 0 Å². The van der Waals surface area contributed by atoms with Gasteiger partial charge in [-0.25, -0.2) is 0 Å². The number of hydrogen-bond acceptors (Lipinski definition) is 2. The zero-order chi connectivity index (χ0) is 10.7. The summed E-state index contributed by atoms with van der Waals surface area (Å²) in [6.45, 7) is 2.19. The Morgan fingerprint density at radius 3 is 2.93 bits per heavy atom. The predicted molar refractivity (Wildman–Crippen MR) is 62.6 cm³/mol. The molecule has 84 valence electrons. The van der Waals surface area contributed by atoms with Gasteiger partial charge in [-0.05, 0) is 31.9 Å². The summed E-state index contributed by atoms with van der Waals surface area (Å²) in [5.41, 5.74) is 7.35. The smallest absolute Gasteiger partial charge is 0.0446 e. The second-order valence-corrected chi connectivity index (χ2v) is 4.57. The third kappa shape index (κ3) is 2.61. The molecule has 0 amide bonds. The van der Waals surface area contributed by atoms with Crippen LogP contribution < -0.4 is 11.1 Å². The van der Waals surface area contributed by atoms with E-state index in [1.165, 1.54) is 25.0 Å². The van der Waals surface area contributed by atoms with E-state index in [-0.39, 0.29) is 0 Å². The average molecular weight is 207 g/mol. The Morgan fingerprint density at radius 1 is 1.47 bits per heavy atom. The Morgan fingerprint density at radius 2 is 2.27 bits per heavy atom. The number of aromatic nitrogens is 1. The fraction of sp³-hybridized carbons (Fsp3) is 0.667. The minimum Gasteiger partial charge on any atom is -0.364 e. The molecule has 15 heavy (non-hydrogen) atoms. The Hall–Kier alpha value is -0.800. The number of hydrogen-bond donors (Lipinski definition) is 3. The highest BCUT2D eigenvalue weighted by Gasteiger charge is 2.23. The number of nitrogens with two attached hydrogens (primary N) is 1. The standard InChI is InChI=1S/C12H21N3/c1-9(11-7-4-8-14-11)15-12-6-3-2-5-10(12)13/h4,7-10,12,14-15H,2-3,5-6,13H2,1H3/t9-,10+,12+/m0/s1. The first kappa shape index (κ1) is 10.7. The van der Waals surface area contributed by atoms with Crippen molar-refractivity contribution in [1.29, 1.82) is 0 Å². The maximum Gasteiger partial charge on any atom is 0.0446 e. The Bertz CT molecular complexity index is 281. The van der Waals surface area contributed by atoms with Gasteiger partial charge in [-0.2, -0.15) is 0 Å². The molecule has 1 aromatic heterocycles. The third-order valence-corrected chi connectivity index (χ3v) is 3.37.